The van der Waals surface area contributed by atoms with Crippen molar-refractivity contribution in [3.63, 3.8) is 0 Å². The van der Waals surface area contributed by atoms with Crippen LogP contribution in [0.1, 0.15) is 20.8 Å². The maximum Gasteiger partial charge on any atom is 0.251 e. The SMILES string of the molecule is Cc1cc2c(NCc3ccc(C(=O)NCCO)cc3)nc(Cl)nc2s1. The van der Waals surface area contributed by atoms with Gasteiger partial charge >= 0.3 is 0 Å². The average molecular weight is 377 g/mol. The van der Waals surface area contributed by atoms with Gasteiger partial charge in [0.25, 0.3) is 5.91 Å². The Labute approximate surface area is 153 Å². The minimum Gasteiger partial charge on any atom is -0.395 e. The Morgan fingerprint density at radius 3 is 2.76 bits per heavy atom. The van der Waals surface area contributed by atoms with Gasteiger partial charge in [0, 0.05) is 23.5 Å². The highest BCUT2D eigenvalue weighted by Gasteiger charge is 2.10. The molecule has 6 nitrogen and oxygen atoms in total. The lowest BCUT2D eigenvalue weighted by atomic mass is 10.1. The molecule has 0 atom stereocenters. The van der Waals surface area contributed by atoms with E-state index in [-0.39, 0.29) is 24.3 Å². The molecule has 0 aliphatic heterocycles. The van der Waals surface area contributed by atoms with E-state index >= 15 is 0 Å². The molecular weight excluding hydrogens is 360 g/mol. The number of anilines is 1. The fraction of sp³-hybridized carbons (Fsp3) is 0.235. The summed E-state index contributed by atoms with van der Waals surface area (Å²) in [5.41, 5.74) is 1.56. The minimum absolute atomic E-state index is 0.0776. The lowest BCUT2D eigenvalue weighted by Gasteiger charge is -2.08. The van der Waals surface area contributed by atoms with E-state index in [4.69, 9.17) is 16.7 Å². The lowest BCUT2D eigenvalue weighted by molar-refractivity contribution is 0.0945. The maximum absolute atomic E-state index is 11.8. The third-order valence-electron chi connectivity index (χ3n) is 3.56. The van der Waals surface area contributed by atoms with E-state index in [0.29, 0.717) is 17.9 Å². The average Bonchev–Trinajstić information content (AvgIpc) is 2.98. The topological polar surface area (TPSA) is 87.1 Å². The van der Waals surface area contributed by atoms with Crippen molar-refractivity contribution in [1.29, 1.82) is 0 Å². The number of nitrogens with zero attached hydrogens (tertiary/aromatic N) is 2. The molecule has 0 aliphatic rings. The van der Waals surface area contributed by atoms with Crippen molar-refractivity contribution in [1.82, 2.24) is 15.3 Å². The summed E-state index contributed by atoms with van der Waals surface area (Å²) >= 11 is 7.57. The number of fused-ring (bicyclic) bond motifs is 1. The third kappa shape index (κ3) is 4.25. The van der Waals surface area contributed by atoms with Crippen LogP contribution in [-0.2, 0) is 6.54 Å². The van der Waals surface area contributed by atoms with E-state index in [0.717, 1.165) is 20.7 Å². The van der Waals surface area contributed by atoms with Crippen LogP contribution >= 0.6 is 22.9 Å². The quantitative estimate of drug-likeness (QED) is 0.576. The van der Waals surface area contributed by atoms with Crippen LogP contribution in [0.2, 0.25) is 5.28 Å². The first-order valence-corrected chi connectivity index (χ1v) is 8.92. The first-order valence-electron chi connectivity index (χ1n) is 7.72. The molecule has 2 heterocycles. The van der Waals surface area contributed by atoms with Gasteiger partial charge in [0.05, 0.1) is 12.0 Å². The predicted octanol–water partition coefficient (Wildman–Crippen LogP) is 2.99. The number of carbonyl (C=O) groups excluding carboxylic acids is 1. The number of rotatable bonds is 6. The molecule has 8 heteroatoms. The number of aromatic nitrogens is 2. The number of hydrogen-bond acceptors (Lipinski definition) is 6. The van der Waals surface area contributed by atoms with Gasteiger partial charge in [0.15, 0.2) is 0 Å². The number of aryl methyl sites for hydroxylation is 1. The van der Waals surface area contributed by atoms with E-state index < -0.39 is 0 Å². The fourth-order valence-electron chi connectivity index (χ4n) is 2.38. The van der Waals surface area contributed by atoms with Gasteiger partial charge in [-0.15, -0.1) is 11.3 Å². The van der Waals surface area contributed by atoms with Crippen LogP contribution in [0.15, 0.2) is 30.3 Å². The molecule has 0 spiro atoms. The second-order valence-corrected chi connectivity index (χ2v) is 7.02. The summed E-state index contributed by atoms with van der Waals surface area (Å²) in [4.78, 5) is 22.3. The molecule has 0 unspecified atom stereocenters. The molecule has 2 aromatic heterocycles. The minimum atomic E-state index is -0.202. The number of benzene rings is 1. The smallest absolute Gasteiger partial charge is 0.251 e. The van der Waals surface area contributed by atoms with Gasteiger partial charge in [0.2, 0.25) is 5.28 Å². The number of hydrogen-bond donors (Lipinski definition) is 3. The van der Waals surface area contributed by atoms with Crippen molar-refractivity contribution in [2.24, 2.45) is 0 Å². The van der Waals surface area contributed by atoms with Gasteiger partial charge in [0.1, 0.15) is 10.6 Å². The van der Waals surface area contributed by atoms with Gasteiger partial charge in [-0.05, 0) is 42.3 Å². The summed E-state index contributed by atoms with van der Waals surface area (Å²) in [6.07, 6.45) is 0. The van der Waals surface area contributed by atoms with Gasteiger partial charge < -0.3 is 15.7 Å². The zero-order valence-corrected chi connectivity index (χ0v) is 15.1. The van der Waals surface area contributed by atoms with Crippen molar-refractivity contribution < 1.29 is 9.90 Å². The zero-order chi connectivity index (χ0) is 17.8. The predicted molar refractivity (Wildman–Crippen MR) is 100 cm³/mol. The molecule has 130 valence electrons. The van der Waals surface area contributed by atoms with Crippen LogP contribution in [0.25, 0.3) is 10.2 Å². The zero-order valence-electron chi connectivity index (χ0n) is 13.5. The Morgan fingerprint density at radius 2 is 2.04 bits per heavy atom. The molecule has 0 saturated carbocycles. The van der Waals surface area contributed by atoms with Crippen LogP contribution in [0.3, 0.4) is 0 Å². The Bertz CT molecular complexity index is 896. The molecule has 25 heavy (non-hydrogen) atoms. The monoisotopic (exact) mass is 376 g/mol. The fourth-order valence-corrected chi connectivity index (χ4v) is 3.48. The number of amides is 1. The molecule has 3 rings (SSSR count). The van der Waals surface area contributed by atoms with Gasteiger partial charge in [-0.3, -0.25) is 4.79 Å². The van der Waals surface area contributed by atoms with Crippen molar-refractivity contribution >= 4 is 44.9 Å². The number of aliphatic hydroxyl groups excluding tert-OH is 1. The molecule has 3 N–H and O–H groups in total. The van der Waals surface area contributed by atoms with E-state index in [1.54, 1.807) is 23.5 Å². The summed E-state index contributed by atoms with van der Waals surface area (Å²) in [5.74, 6) is 0.496. The molecule has 3 aromatic rings. The highest BCUT2D eigenvalue weighted by Crippen LogP contribution is 2.29. The summed E-state index contributed by atoms with van der Waals surface area (Å²) < 4.78 is 0. The first kappa shape index (κ1) is 17.6. The van der Waals surface area contributed by atoms with Gasteiger partial charge in [-0.2, -0.15) is 0 Å². The molecule has 0 fully saturated rings. The first-order chi connectivity index (χ1) is 12.1. The highest BCUT2D eigenvalue weighted by molar-refractivity contribution is 7.18. The van der Waals surface area contributed by atoms with Crippen molar-refractivity contribution in [2.45, 2.75) is 13.5 Å². The molecule has 1 amide bonds. The number of halogens is 1. The van der Waals surface area contributed by atoms with Crippen LogP contribution in [0.5, 0.6) is 0 Å². The lowest BCUT2D eigenvalue weighted by Crippen LogP contribution is -2.26. The number of aliphatic hydroxyl groups is 1. The summed E-state index contributed by atoms with van der Waals surface area (Å²) in [6.45, 7) is 2.74. The van der Waals surface area contributed by atoms with E-state index in [9.17, 15) is 4.79 Å². The van der Waals surface area contributed by atoms with E-state index in [2.05, 4.69) is 20.6 Å². The number of nitrogens with one attached hydrogen (secondary N) is 2. The second-order valence-electron chi connectivity index (χ2n) is 5.45. The van der Waals surface area contributed by atoms with Crippen molar-refractivity contribution in [2.75, 3.05) is 18.5 Å². The highest BCUT2D eigenvalue weighted by atomic mass is 35.5. The largest absolute Gasteiger partial charge is 0.395 e. The summed E-state index contributed by atoms with van der Waals surface area (Å²) in [6, 6.07) is 9.29. The maximum atomic E-state index is 11.8. The molecule has 0 bridgehead atoms. The van der Waals surface area contributed by atoms with Crippen LogP contribution in [0, 0.1) is 6.92 Å². The number of carbonyl (C=O) groups is 1. The second kappa shape index (κ2) is 7.77. The van der Waals surface area contributed by atoms with Crippen LogP contribution in [0.4, 0.5) is 5.82 Å². The van der Waals surface area contributed by atoms with Gasteiger partial charge in [-0.1, -0.05) is 12.1 Å². The Hall–Kier alpha value is -2.22. The van der Waals surface area contributed by atoms with E-state index in [1.807, 2.05) is 25.1 Å². The molecule has 0 radical (unpaired) electrons. The van der Waals surface area contributed by atoms with Crippen molar-refractivity contribution in [3.8, 4) is 0 Å². The number of thiophene rings is 1. The molecule has 1 aromatic carbocycles. The van der Waals surface area contributed by atoms with Crippen molar-refractivity contribution in [3.05, 3.63) is 51.6 Å². The Balaban J connectivity index is 1.71. The summed E-state index contributed by atoms with van der Waals surface area (Å²) in [5, 5.41) is 15.8. The molecule has 0 aliphatic carbocycles. The normalized spacial score (nSPS) is 10.8. The standard InChI is InChI=1S/C17H17ClN4O2S/c1-10-8-13-14(21-17(18)22-16(13)25-10)20-9-11-2-4-12(5-3-11)15(24)19-6-7-23/h2-5,8,23H,6-7,9H2,1H3,(H,19,24)(H,20,21,22). The molecular formula is C17H17ClN4O2S. The Morgan fingerprint density at radius 1 is 1.28 bits per heavy atom. The molecule has 0 saturated heterocycles. The third-order valence-corrected chi connectivity index (χ3v) is 4.68. The summed E-state index contributed by atoms with van der Waals surface area (Å²) in [7, 11) is 0. The van der Waals surface area contributed by atoms with Crippen LogP contribution < -0.4 is 10.6 Å². The Kier molecular flexibility index (Phi) is 5.47. The van der Waals surface area contributed by atoms with Gasteiger partial charge in [-0.25, -0.2) is 9.97 Å². The van der Waals surface area contributed by atoms with E-state index in [1.165, 1.54) is 0 Å². The van der Waals surface area contributed by atoms with Crippen LogP contribution in [-0.4, -0.2) is 34.1 Å².